The molecule has 0 amide bonds. The molecule has 3 N–H and O–H groups in total. The Morgan fingerprint density at radius 3 is 2.88 bits per heavy atom. The van der Waals surface area contributed by atoms with Crippen molar-refractivity contribution >= 4 is 33.9 Å². The fourth-order valence-corrected chi connectivity index (χ4v) is 3.75. The number of nitrogens with one attached hydrogen (secondary N) is 1. The van der Waals surface area contributed by atoms with Gasteiger partial charge in [-0.05, 0) is 36.8 Å². The number of benzene rings is 1. The van der Waals surface area contributed by atoms with E-state index in [0.717, 1.165) is 34.4 Å². The summed E-state index contributed by atoms with van der Waals surface area (Å²) in [5.74, 6) is 1.43. The zero-order chi connectivity index (χ0) is 17.4. The molecule has 0 aliphatic rings. The molecule has 0 atom stereocenters. The molecule has 0 aliphatic carbocycles. The van der Waals surface area contributed by atoms with Crippen LogP contribution in [0.2, 0.25) is 0 Å². The molecule has 0 unspecified atom stereocenters. The van der Waals surface area contributed by atoms with Crippen molar-refractivity contribution in [3.63, 3.8) is 0 Å². The molecule has 4 rings (SSSR count). The number of aromatic nitrogens is 4. The van der Waals surface area contributed by atoms with Gasteiger partial charge in [0.2, 0.25) is 0 Å². The highest BCUT2D eigenvalue weighted by molar-refractivity contribution is 7.15. The topological polar surface area (TPSA) is 81.7 Å². The maximum absolute atomic E-state index is 5.97. The van der Waals surface area contributed by atoms with Crippen LogP contribution in [0.5, 0.6) is 0 Å². The van der Waals surface area contributed by atoms with E-state index in [1.54, 1.807) is 11.3 Å². The maximum Gasteiger partial charge on any atom is 0.151 e. The molecule has 126 valence electrons. The second-order valence-corrected chi connectivity index (χ2v) is 7.11. The molecule has 4 aromatic rings. The minimum absolute atomic E-state index is 0.510. The molecule has 0 aliphatic heterocycles. The zero-order valence-electron chi connectivity index (χ0n) is 14.0. The summed E-state index contributed by atoms with van der Waals surface area (Å²) < 4.78 is 1.82. The van der Waals surface area contributed by atoms with Gasteiger partial charge in [-0.1, -0.05) is 6.07 Å². The maximum atomic E-state index is 5.97. The van der Waals surface area contributed by atoms with Gasteiger partial charge >= 0.3 is 0 Å². The van der Waals surface area contributed by atoms with Gasteiger partial charge in [0.25, 0.3) is 0 Å². The average molecular weight is 350 g/mol. The number of rotatable bonds is 4. The molecule has 0 spiro atoms. The normalized spacial score (nSPS) is 11.1. The molecule has 1 aromatic carbocycles. The van der Waals surface area contributed by atoms with E-state index >= 15 is 0 Å². The van der Waals surface area contributed by atoms with Crippen LogP contribution in [0.4, 0.5) is 11.6 Å². The van der Waals surface area contributed by atoms with Crippen LogP contribution in [0.15, 0.2) is 42.9 Å². The van der Waals surface area contributed by atoms with Gasteiger partial charge in [-0.15, -0.1) is 11.3 Å². The number of nitrogens with zero attached hydrogens (tertiary/aromatic N) is 4. The molecule has 3 aromatic heterocycles. The summed E-state index contributed by atoms with van der Waals surface area (Å²) in [5.41, 5.74) is 9.10. The van der Waals surface area contributed by atoms with E-state index in [1.165, 1.54) is 16.1 Å². The third kappa shape index (κ3) is 3.06. The highest BCUT2D eigenvalue weighted by Crippen LogP contribution is 2.31. The van der Waals surface area contributed by atoms with Gasteiger partial charge in [-0.2, -0.15) is 5.10 Å². The quantitative estimate of drug-likeness (QED) is 0.588. The van der Waals surface area contributed by atoms with E-state index in [2.05, 4.69) is 51.6 Å². The molecular weight excluding hydrogens is 332 g/mol. The lowest BCUT2D eigenvalue weighted by molar-refractivity contribution is 0.768. The summed E-state index contributed by atoms with van der Waals surface area (Å²) in [6, 6.07) is 10.4. The smallest absolute Gasteiger partial charge is 0.151 e. The Labute approximate surface area is 149 Å². The van der Waals surface area contributed by atoms with E-state index in [9.17, 15) is 0 Å². The van der Waals surface area contributed by atoms with Crippen LogP contribution < -0.4 is 11.1 Å². The average Bonchev–Trinajstić information content (AvgIpc) is 3.19. The van der Waals surface area contributed by atoms with Crippen molar-refractivity contribution in [3.8, 4) is 10.4 Å². The number of aryl methyl sites for hydroxylation is 2. The summed E-state index contributed by atoms with van der Waals surface area (Å²) >= 11 is 1.75. The number of anilines is 2. The van der Waals surface area contributed by atoms with Gasteiger partial charge in [0, 0.05) is 33.9 Å². The number of thiophene rings is 1. The van der Waals surface area contributed by atoms with Crippen molar-refractivity contribution in [2.75, 3.05) is 11.1 Å². The summed E-state index contributed by atoms with van der Waals surface area (Å²) in [4.78, 5) is 10.8. The predicted molar refractivity (Wildman–Crippen MR) is 103 cm³/mol. The number of nitrogens with two attached hydrogens (primary N) is 1. The van der Waals surface area contributed by atoms with Crippen molar-refractivity contribution in [2.24, 2.45) is 7.05 Å². The van der Waals surface area contributed by atoms with Crippen LogP contribution in [0, 0.1) is 6.92 Å². The van der Waals surface area contributed by atoms with Gasteiger partial charge in [0.1, 0.15) is 12.1 Å². The fourth-order valence-electron chi connectivity index (χ4n) is 2.81. The molecule has 6 nitrogen and oxygen atoms in total. The van der Waals surface area contributed by atoms with E-state index in [4.69, 9.17) is 5.73 Å². The first-order valence-electron chi connectivity index (χ1n) is 7.93. The molecule has 0 saturated heterocycles. The van der Waals surface area contributed by atoms with Crippen LogP contribution in [0.3, 0.4) is 0 Å². The van der Waals surface area contributed by atoms with Crippen molar-refractivity contribution in [1.29, 1.82) is 0 Å². The van der Waals surface area contributed by atoms with Gasteiger partial charge in [-0.25, -0.2) is 9.97 Å². The first-order chi connectivity index (χ1) is 12.1. The highest BCUT2D eigenvalue weighted by atomic mass is 32.1. The second-order valence-electron chi connectivity index (χ2n) is 5.94. The molecule has 0 fully saturated rings. The van der Waals surface area contributed by atoms with E-state index in [-0.39, 0.29) is 0 Å². The van der Waals surface area contributed by atoms with Gasteiger partial charge in [0.05, 0.1) is 12.1 Å². The standard InChI is InChI=1S/C18H18N6S/c1-11-9-24(2)23-18(11)20-8-13-4-6-16(25-13)12-3-5-15-14(7-12)17(19)22-10-21-15/h3-7,9-10H,8H2,1-2H3,(H,20,23)(H2,19,21,22). The van der Waals surface area contributed by atoms with Gasteiger partial charge in [-0.3, -0.25) is 4.68 Å². The highest BCUT2D eigenvalue weighted by Gasteiger charge is 2.08. The van der Waals surface area contributed by atoms with Crippen LogP contribution in [-0.2, 0) is 13.6 Å². The number of hydrogen-bond acceptors (Lipinski definition) is 6. The van der Waals surface area contributed by atoms with E-state index < -0.39 is 0 Å². The molecular formula is C18H18N6S. The Bertz CT molecular complexity index is 1050. The summed E-state index contributed by atoms with van der Waals surface area (Å²) in [7, 11) is 1.93. The second kappa shape index (κ2) is 6.18. The van der Waals surface area contributed by atoms with Crippen molar-refractivity contribution in [2.45, 2.75) is 13.5 Å². The van der Waals surface area contributed by atoms with Gasteiger partial charge in [0.15, 0.2) is 5.82 Å². The molecule has 3 heterocycles. The Morgan fingerprint density at radius 1 is 1.20 bits per heavy atom. The number of hydrogen-bond donors (Lipinski definition) is 2. The lowest BCUT2D eigenvalue weighted by Crippen LogP contribution is -2.00. The first kappa shape index (κ1) is 15.6. The Balaban J connectivity index is 1.56. The Hall–Kier alpha value is -2.93. The van der Waals surface area contributed by atoms with Crippen LogP contribution >= 0.6 is 11.3 Å². The van der Waals surface area contributed by atoms with Crippen LogP contribution in [0.25, 0.3) is 21.3 Å². The predicted octanol–water partition coefficient (Wildman–Crippen LogP) is 3.59. The summed E-state index contributed by atoms with van der Waals surface area (Å²) in [5, 5.41) is 8.69. The summed E-state index contributed by atoms with van der Waals surface area (Å²) in [6.45, 7) is 2.80. The minimum atomic E-state index is 0.510. The Kier molecular flexibility index (Phi) is 3.85. The molecule has 7 heteroatoms. The monoisotopic (exact) mass is 350 g/mol. The molecule has 0 bridgehead atoms. The third-order valence-electron chi connectivity index (χ3n) is 4.05. The first-order valence-corrected chi connectivity index (χ1v) is 8.75. The lowest BCUT2D eigenvalue weighted by Gasteiger charge is -2.03. The SMILES string of the molecule is Cc1cn(C)nc1NCc1ccc(-c2ccc3ncnc(N)c3c2)s1. The number of fused-ring (bicyclic) bond motifs is 1. The van der Waals surface area contributed by atoms with Crippen molar-refractivity contribution < 1.29 is 0 Å². The largest absolute Gasteiger partial charge is 0.383 e. The van der Waals surface area contributed by atoms with Crippen LogP contribution in [0.1, 0.15) is 10.4 Å². The molecule has 0 saturated carbocycles. The Morgan fingerprint density at radius 2 is 2.08 bits per heavy atom. The lowest BCUT2D eigenvalue weighted by atomic mass is 10.1. The molecule has 25 heavy (non-hydrogen) atoms. The van der Waals surface area contributed by atoms with Crippen LogP contribution in [-0.4, -0.2) is 19.7 Å². The van der Waals surface area contributed by atoms with Gasteiger partial charge < -0.3 is 11.1 Å². The fraction of sp³-hybridized carbons (Fsp3) is 0.167. The third-order valence-corrected chi connectivity index (χ3v) is 5.19. The van der Waals surface area contributed by atoms with E-state index in [0.29, 0.717) is 5.82 Å². The number of nitrogen functional groups attached to an aromatic ring is 1. The van der Waals surface area contributed by atoms with Crippen molar-refractivity contribution in [3.05, 3.63) is 53.3 Å². The van der Waals surface area contributed by atoms with Crippen molar-refractivity contribution in [1.82, 2.24) is 19.7 Å². The van der Waals surface area contributed by atoms with E-state index in [1.807, 2.05) is 24.0 Å². The molecule has 0 radical (unpaired) electrons. The zero-order valence-corrected chi connectivity index (χ0v) is 14.8. The summed E-state index contributed by atoms with van der Waals surface area (Å²) in [6.07, 6.45) is 3.50. The minimum Gasteiger partial charge on any atom is -0.383 e.